The molecule has 1 fully saturated rings. The van der Waals surface area contributed by atoms with Crippen LogP contribution in [0.3, 0.4) is 0 Å². The van der Waals surface area contributed by atoms with Gasteiger partial charge in [-0.15, -0.1) is 0 Å². The van der Waals surface area contributed by atoms with Crippen LogP contribution in [-0.4, -0.2) is 60.3 Å². The zero-order valence-electron chi connectivity index (χ0n) is 19.8. The summed E-state index contributed by atoms with van der Waals surface area (Å²) < 4.78 is 17.1. The quantitative estimate of drug-likeness (QED) is 0.644. The lowest BCUT2D eigenvalue weighted by Crippen LogP contribution is -2.42. The van der Waals surface area contributed by atoms with Crippen molar-refractivity contribution < 1.29 is 19.0 Å². The molecule has 0 N–H and O–H groups in total. The van der Waals surface area contributed by atoms with Crippen LogP contribution in [0.25, 0.3) is 11.3 Å². The van der Waals surface area contributed by atoms with Crippen molar-refractivity contribution in [2.75, 3.05) is 32.8 Å². The van der Waals surface area contributed by atoms with Crippen LogP contribution in [0.4, 0.5) is 4.79 Å². The molecular weight excluding hydrogens is 418 g/mol. The Morgan fingerprint density at radius 2 is 1.82 bits per heavy atom. The van der Waals surface area contributed by atoms with Crippen molar-refractivity contribution in [3.05, 3.63) is 48.2 Å². The molecule has 3 heterocycles. The molecule has 1 aromatic carbocycles. The Hall–Kier alpha value is -3.09. The average molecular weight is 452 g/mol. The van der Waals surface area contributed by atoms with Crippen LogP contribution in [0, 0.1) is 5.92 Å². The predicted octanol–water partition coefficient (Wildman–Crippen LogP) is 4.94. The molecule has 1 aromatic heterocycles. The normalized spacial score (nSPS) is 17.2. The molecule has 1 amide bonds. The number of piperidine rings is 1. The first-order valence-corrected chi connectivity index (χ1v) is 11.7. The standard InChI is InChI=1S/C26H33N3O4/c1-26(2,3)33-25(30)29-14-11-19(12-15-29)18-32-22-9-10-23(28-17-22)20-5-7-21(8-6-20)24-27-13-4-16-31-24/h5-10,17,19H,4,11-16,18H2,1-3H3. The van der Waals surface area contributed by atoms with E-state index in [2.05, 4.69) is 9.98 Å². The van der Waals surface area contributed by atoms with E-state index >= 15 is 0 Å². The van der Waals surface area contributed by atoms with Crippen molar-refractivity contribution in [3.8, 4) is 17.0 Å². The Morgan fingerprint density at radius 3 is 2.42 bits per heavy atom. The van der Waals surface area contributed by atoms with Crippen LogP contribution in [0.5, 0.6) is 5.75 Å². The Kier molecular flexibility index (Phi) is 7.16. The van der Waals surface area contributed by atoms with Gasteiger partial charge in [0.15, 0.2) is 0 Å². The minimum absolute atomic E-state index is 0.228. The molecule has 2 aliphatic rings. The van der Waals surface area contributed by atoms with E-state index in [4.69, 9.17) is 14.2 Å². The van der Waals surface area contributed by atoms with Crippen LogP contribution in [0.1, 0.15) is 45.6 Å². The fourth-order valence-corrected chi connectivity index (χ4v) is 3.88. The maximum absolute atomic E-state index is 12.2. The number of aliphatic imine (C=N–C) groups is 1. The van der Waals surface area contributed by atoms with Gasteiger partial charge in [0.1, 0.15) is 11.4 Å². The number of carbonyl (C=O) groups excluding carboxylic acids is 1. The lowest BCUT2D eigenvalue weighted by Gasteiger charge is -2.33. The summed E-state index contributed by atoms with van der Waals surface area (Å²) in [6.07, 6.45) is 4.34. The molecule has 0 saturated carbocycles. The van der Waals surface area contributed by atoms with E-state index in [9.17, 15) is 4.79 Å². The van der Waals surface area contributed by atoms with Gasteiger partial charge in [0, 0.05) is 37.2 Å². The number of benzene rings is 1. The van der Waals surface area contributed by atoms with Gasteiger partial charge in [-0.3, -0.25) is 9.98 Å². The number of hydrogen-bond acceptors (Lipinski definition) is 6. The molecule has 0 unspecified atom stereocenters. The molecule has 0 spiro atoms. The summed E-state index contributed by atoms with van der Waals surface area (Å²) in [6, 6.07) is 12.1. The molecule has 0 aliphatic carbocycles. The van der Waals surface area contributed by atoms with Gasteiger partial charge in [0.25, 0.3) is 0 Å². The van der Waals surface area contributed by atoms with Gasteiger partial charge in [-0.25, -0.2) is 4.79 Å². The minimum Gasteiger partial charge on any atom is -0.492 e. The van der Waals surface area contributed by atoms with Crippen molar-refractivity contribution in [2.45, 2.75) is 45.6 Å². The molecule has 7 nitrogen and oxygen atoms in total. The van der Waals surface area contributed by atoms with Crippen molar-refractivity contribution in [2.24, 2.45) is 10.9 Å². The number of hydrogen-bond donors (Lipinski definition) is 0. The maximum Gasteiger partial charge on any atom is 0.410 e. The van der Waals surface area contributed by atoms with E-state index in [1.54, 1.807) is 11.1 Å². The predicted molar refractivity (Wildman–Crippen MR) is 128 cm³/mol. The molecule has 33 heavy (non-hydrogen) atoms. The monoisotopic (exact) mass is 451 g/mol. The van der Waals surface area contributed by atoms with Crippen molar-refractivity contribution in [1.29, 1.82) is 0 Å². The highest BCUT2D eigenvalue weighted by molar-refractivity contribution is 5.94. The first-order chi connectivity index (χ1) is 15.9. The zero-order valence-corrected chi connectivity index (χ0v) is 19.8. The average Bonchev–Trinajstić information content (AvgIpc) is 2.83. The first-order valence-electron chi connectivity index (χ1n) is 11.7. The number of amides is 1. The highest BCUT2D eigenvalue weighted by Crippen LogP contribution is 2.23. The summed E-state index contributed by atoms with van der Waals surface area (Å²) in [7, 11) is 0. The van der Waals surface area contributed by atoms with Crippen LogP contribution in [0.2, 0.25) is 0 Å². The summed E-state index contributed by atoms with van der Waals surface area (Å²) in [5, 5.41) is 0. The van der Waals surface area contributed by atoms with Gasteiger partial charge >= 0.3 is 6.09 Å². The van der Waals surface area contributed by atoms with E-state index in [1.165, 1.54) is 0 Å². The summed E-state index contributed by atoms with van der Waals surface area (Å²) >= 11 is 0. The van der Waals surface area contributed by atoms with Gasteiger partial charge < -0.3 is 19.1 Å². The molecule has 176 valence electrons. The zero-order chi connectivity index (χ0) is 23.3. The highest BCUT2D eigenvalue weighted by Gasteiger charge is 2.27. The van der Waals surface area contributed by atoms with E-state index < -0.39 is 5.60 Å². The fourth-order valence-electron chi connectivity index (χ4n) is 3.88. The third-order valence-electron chi connectivity index (χ3n) is 5.71. The molecular formula is C26H33N3O4. The maximum atomic E-state index is 12.2. The number of carbonyl (C=O) groups is 1. The Morgan fingerprint density at radius 1 is 1.09 bits per heavy atom. The van der Waals surface area contributed by atoms with E-state index in [0.717, 1.165) is 60.9 Å². The van der Waals surface area contributed by atoms with Crippen molar-refractivity contribution in [3.63, 3.8) is 0 Å². The fraction of sp³-hybridized carbons (Fsp3) is 0.500. The Labute approximate surface area is 195 Å². The number of aromatic nitrogens is 1. The SMILES string of the molecule is CC(C)(C)OC(=O)N1CCC(COc2ccc(-c3ccc(C4=NCCCO4)cc3)nc2)CC1. The van der Waals surface area contributed by atoms with E-state index in [-0.39, 0.29) is 6.09 Å². The molecule has 1 saturated heterocycles. The number of pyridine rings is 1. The molecule has 7 heteroatoms. The van der Waals surface area contributed by atoms with Crippen LogP contribution in [0.15, 0.2) is 47.6 Å². The van der Waals surface area contributed by atoms with E-state index in [0.29, 0.717) is 25.6 Å². The van der Waals surface area contributed by atoms with Gasteiger partial charge in [0.2, 0.25) is 5.90 Å². The largest absolute Gasteiger partial charge is 0.492 e. The number of nitrogens with zero attached hydrogens (tertiary/aromatic N) is 3. The second-order valence-corrected chi connectivity index (χ2v) is 9.57. The van der Waals surface area contributed by atoms with Crippen molar-refractivity contribution >= 4 is 12.0 Å². The van der Waals surface area contributed by atoms with Crippen LogP contribution >= 0.6 is 0 Å². The number of rotatable bonds is 5. The van der Waals surface area contributed by atoms with Gasteiger partial charge in [-0.2, -0.15) is 0 Å². The Bertz CT molecular complexity index is 957. The molecule has 4 rings (SSSR count). The lowest BCUT2D eigenvalue weighted by atomic mass is 9.98. The van der Waals surface area contributed by atoms with Crippen LogP contribution in [-0.2, 0) is 9.47 Å². The minimum atomic E-state index is -0.461. The van der Waals surface area contributed by atoms with Crippen LogP contribution < -0.4 is 4.74 Å². The Balaban J connectivity index is 1.25. The second kappa shape index (κ2) is 10.2. The topological polar surface area (TPSA) is 73.2 Å². The van der Waals surface area contributed by atoms with Gasteiger partial charge in [-0.1, -0.05) is 12.1 Å². The van der Waals surface area contributed by atoms with Gasteiger partial charge in [0.05, 0.1) is 25.1 Å². The molecule has 0 atom stereocenters. The lowest BCUT2D eigenvalue weighted by molar-refractivity contribution is 0.0165. The highest BCUT2D eigenvalue weighted by atomic mass is 16.6. The molecule has 0 radical (unpaired) electrons. The number of likely N-dealkylation sites (tertiary alicyclic amines) is 1. The first kappa shape index (κ1) is 23.1. The third-order valence-corrected chi connectivity index (χ3v) is 5.71. The summed E-state index contributed by atoms with van der Waals surface area (Å²) in [5.41, 5.74) is 2.47. The molecule has 2 aliphatic heterocycles. The molecule has 2 aromatic rings. The summed E-state index contributed by atoms with van der Waals surface area (Å²) in [6.45, 7) is 9.25. The third kappa shape index (κ3) is 6.46. The summed E-state index contributed by atoms with van der Waals surface area (Å²) in [4.78, 5) is 23.0. The second-order valence-electron chi connectivity index (χ2n) is 9.57. The smallest absolute Gasteiger partial charge is 0.410 e. The van der Waals surface area contributed by atoms with Crippen molar-refractivity contribution in [1.82, 2.24) is 9.88 Å². The van der Waals surface area contributed by atoms with Gasteiger partial charge in [-0.05, 0) is 63.8 Å². The van der Waals surface area contributed by atoms with E-state index in [1.807, 2.05) is 57.2 Å². The summed E-state index contributed by atoms with van der Waals surface area (Å²) in [5.74, 6) is 1.90. The number of ether oxygens (including phenoxy) is 3. The molecule has 0 bridgehead atoms.